The van der Waals surface area contributed by atoms with E-state index in [0.29, 0.717) is 11.2 Å². The molecule has 4 rings (SSSR count). The van der Waals surface area contributed by atoms with Crippen LogP contribution in [0.4, 0.5) is 11.8 Å². The Hall–Kier alpha value is -2.83. The highest BCUT2D eigenvalue weighted by molar-refractivity contribution is 6.13. The molecule has 0 bridgehead atoms. The zero-order chi connectivity index (χ0) is 16.7. The SMILES string of the molecule is COC(=O)c1ccc2[nH]c3nc(N)nc(N4CCCCC4)c3c2c1. The maximum absolute atomic E-state index is 11.9. The Labute approximate surface area is 138 Å². The highest BCUT2D eigenvalue weighted by Crippen LogP contribution is 2.34. The van der Waals surface area contributed by atoms with Gasteiger partial charge in [-0.3, -0.25) is 0 Å². The van der Waals surface area contributed by atoms with E-state index < -0.39 is 0 Å². The number of nitrogens with two attached hydrogens (primary N) is 1. The number of carbonyl (C=O) groups is 1. The van der Waals surface area contributed by atoms with Crippen molar-refractivity contribution in [2.75, 3.05) is 30.8 Å². The summed E-state index contributed by atoms with van der Waals surface area (Å²) in [6, 6.07) is 5.42. The summed E-state index contributed by atoms with van der Waals surface area (Å²) >= 11 is 0. The number of nitrogen functional groups attached to an aromatic ring is 1. The van der Waals surface area contributed by atoms with Crippen LogP contribution in [0.25, 0.3) is 21.9 Å². The molecule has 1 aliphatic rings. The maximum Gasteiger partial charge on any atom is 0.337 e. The fourth-order valence-corrected chi connectivity index (χ4v) is 3.37. The predicted molar refractivity (Wildman–Crippen MR) is 93.2 cm³/mol. The molecule has 1 aromatic carbocycles. The standard InChI is InChI=1S/C17H19N5O2/c1-24-16(23)10-5-6-12-11(9-10)13-14(19-12)20-17(18)21-15(13)22-7-3-2-4-8-22/h5-6,9H,2-4,7-8H2,1H3,(H3,18,19,20,21). The number of aromatic amines is 1. The molecule has 1 aliphatic heterocycles. The summed E-state index contributed by atoms with van der Waals surface area (Å²) < 4.78 is 4.83. The number of anilines is 2. The zero-order valence-electron chi connectivity index (χ0n) is 13.5. The second kappa shape index (κ2) is 5.67. The second-order valence-corrected chi connectivity index (χ2v) is 6.05. The second-order valence-electron chi connectivity index (χ2n) is 6.05. The Morgan fingerprint density at radius 1 is 1.25 bits per heavy atom. The van der Waals surface area contributed by atoms with Crippen LogP contribution < -0.4 is 10.6 Å². The summed E-state index contributed by atoms with van der Waals surface area (Å²) in [5, 5.41) is 1.82. The molecule has 24 heavy (non-hydrogen) atoms. The molecule has 3 N–H and O–H groups in total. The van der Waals surface area contributed by atoms with E-state index in [1.807, 2.05) is 12.1 Å². The van der Waals surface area contributed by atoms with Gasteiger partial charge in [0.2, 0.25) is 5.95 Å². The summed E-state index contributed by atoms with van der Waals surface area (Å²) in [7, 11) is 1.38. The van der Waals surface area contributed by atoms with Crippen LogP contribution in [0, 0.1) is 0 Å². The van der Waals surface area contributed by atoms with Gasteiger partial charge >= 0.3 is 5.97 Å². The van der Waals surface area contributed by atoms with Gasteiger partial charge < -0.3 is 20.4 Å². The predicted octanol–water partition coefficient (Wildman–Crippen LogP) is 2.47. The molecule has 0 radical (unpaired) electrons. The van der Waals surface area contributed by atoms with E-state index >= 15 is 0 Å². The number of benzene rings is 1. The third kappa shape index (κ3) is 2.33. The van der Waals surface area contributed by atoms with Crippen LogP contribution in [0.3, 0.4) is 0 Å². The first kappa shape index (κ1) is 14.7. The van der Waals surface area contributed by atoms with Crippen molar-refractivity contribution in [3.05, 3.63) is 23.8 Å². The van der Waals surface area contributed by atoms with E-state index in [4.69, 9.17) is 10.5 Å². The quantitative estimate of drug-likeness (QED) is 0.703. The molecule has 1 saturated heterocycles. The lowest BCUT2D eigenvalue weighted by atomic mass is 10.1. The number of piperidine rings is 1. The van der Waals surface area contributed by atoms with Crippen LogP contribution in [0.5, 0.6) is 0 Å². The number of carbonyl (C=O) groups excluding carboxylic acids is 1. The Bertz CT molecular complexity index is 928. The van der Waals surface area contributed by atoms with Gasteiger partial charge in [0.1, 0.15) is 11.5 Å². The lowest BCUT2D eigenvalue weighted by Gasteiger charge is -2.28. The molecule has 0 atom stereocenters. The third-order valence-corrected chi connectivity index (χ3v) is 4.53. The lowest BCUT2D eigenvalue weighted by molar-refractivity contribution is 0.0601. The molecule has 0 aliphatic carbocycles. The van der Waals surface area contributed by atoms with Crippen molar-refractivity contribution in [2.24, 2.45) is 0 Å². The van der Waals surface area contributed by atoms with E-state index in [-0.39, 0.29) is 11.9 Å². The molecule has 0 amide bonds. The van der Waals surface area contributed by atoms with Gasteiger partial charge in [-0.05, 0) is 37.5 Å². The summed E-state index contributed by atoms with van der Waals surface area (Å²) in [5.41, 5.74) is 8.01. The van der Waals surface area contributed by atoms with Crippen LogP contribution in [0.1, 0.15) is 29.6 Å². The van der Waals surface area contributed by atoms with Gasteiger partial charge in [-0.15, -0.1) is 0 Å². The largest absolute Gasteiger partial charge is 0.465 e. The Morgan fingerprint density at radius 2 is 2.04 bits per heavy atom. The molecule has 2 aromatic heterocycles. The normalized spacial score (nSPS) is 15.1. The summed E-state index contributed by atoms with van der Waals surface area (Å²) in [6.07, 6.45) is 3.52. The fraction of sp³-hybridized carbons (Fsp3) is 0.353. The topological polar surface area (TPSA) is 97.1 Å². The summed E-state index contributed by atoms with van der Waals surface area (Å²) in [4.78, 5) is 26.2. The summed E-state index contributed by atoms with van der Waals surface area (Å²) in [5.74, 6) is 0.732. The molecule has 3 aromatic rings. The van der Waals surface area contributed by atoms with Crippen LogP contribution in [0.2, 0.25) is 0 Å². The van der Waals surface area contributed by atoms with E-state index in [9.17, 15) is 4.79 Å². The minimum Gasteiger partial charge on any atom is -0.465 e. The Kier molecular flexibility index (Phi) is 3.48. The van der Waals surface area contributed by atoms with Gasteiger partial charge in [0.25, 0.3) is 0 Å². The van der Waals surface area contributed by atoms with Crippen molar-refractivity contribution in [2.45, 2.75) is 19.3 Å². The first-order valence-electron chi connectivity index (χ1n) is 8.09. The lowest BCUT2D eigenvalue weighted by Crippen LogP contribution is -2.30. The van der Waals surface area contributed by atoms with E-state index in [1.54, 1.807) is 6.07 Å². The fourth-order valence-electron chi connectivity index (χ4n) is 3.37. The van der Waals surface area contributed by atoms with Crippen molar-refractivity contribution in [3.8, 4) is 0 Å². The first-order valence-corrected chi connectivity index (χ1v) is 8.09. The van der Waals surface area contributed by atoms with Gasteiger partial charge in [0.15, 0.2) is 0 Å². The van der Waals surface area contributed by atoms with Crippen LogP contribution >= 0.6 is 0 Å². The number of H-pyrrole nitrogens is 1. The van der Waals surface area contributed by atoms with Crippen molar-refractivity contribution in [1.82, 2.24) is 15.0 Å². The van der Waals surface area contributed by atoms with Crippen molar-refractivity contribution in [3.63, 3.8) is 0 Å². The van der Waals surface area contributed by atoms with Gasteiger partial charge in [-0.1, -0.05) is 0 Å². The molecule has 7 heteroatoms. The monoisotopic (exact) mass is 325 g/mol. The molecule has 3 heterocycles. The number of rotatable bonds is 2. The van der Waals surface area contributed by atoms with E-state index in [1.165, 1.54) is 13.5 Å². The minimum absolute atomic E-state index is 0.253. The van der Waals surface area contributed by atoms with Crippen LogP contribution in [-0.4, -0.2) is 41.1 Å². The molecule has 0 unspecified atom stereocenters. The van der Waals surface area contributed by atoms with Crippen molar-refractivity contribution < 1.29 is 9.53 Å². The molecule has 0 saturated carbocycles. The highest BCUT2D eigenvalue weighted by atomic mass is 16.5. The smallest absolute Gasteiger partial charge is 0.337 e. The summed E-state index contributed by atoms with van der Waals surface area (Å²) in [6.45, 7) is 1.91. The van der Waals surface area contributed by atoms with Gasteiger partial charge in [-0.25, -0.2) is 4.79 Å². The number of fused-ring (bicyclic) bond motifs is 3. The van der Waals surface area contributed by atoms with E-state index in [2.05, 4.69) is 19.9 Å². The number of hydrogen-bond donors (Lipinski definition) is 2. The number of esters is 1. The molecular formula is C17H19N5O2. The molecule has 7 nitrogen and oxygen atoms in total. The number of ether oxygens (including phenoxy) is 1. The number of methoxy groups -OCH3 is 1. The number of nitrogens with zero attached hydrogens (tertiary/aromatic N) is 3. The maximum atomic E-state index is 11.9. The van der Waals surface area contributed by atoms with E-state index in [0.717, 1.165) is 48.0 Å². The average molecular weight is 325 g/mol. The van der Waals surface area contributed by atoms with Crippen LogP contribution in [-0.2, 0) is 4.74 Å². The minimum atomic E-state index is -0.359. The van der Waals surface area contributed by atoms with Gasteiger partial charge in [0.05, 0.1) is 18.1 Å². The van der Waals surface area contributed by atoms with Crippen molar-refractivity contribution >= 4 is 39.7 Å². The first-order chi connectivity index (χ1) is 11.7. The zero-order valence-corrected chi connectivity index (χ0v) is 13.5. The molecule has 1 fully saturated rings. The van der Waals surface area contributed by atoms with Gasteiger partial charge in [0, 0.05) is 24.0 Å². The van der Waals surface area contributed by atoms with Crippen molar-refractivity contribution in [1.29, 1.82) is 0 Å². The number of aromatic nitrogens is 3. The molecular weight excluding hydrogens is 306 g/mol. The number of hydrogen-bond acceptors (Lipinski definition) is 6. The van der Waals surface area contributed by atoms with Gasteiger partial charge in [-0.2, -0.15) is 9.97 Å². The Morgan fingerprint density at radius 3 is 2.79 bits per heavy atom. The number of nitrogens with one attached hydrogen (secondary N) is 1. The Balaban J connectivity index is 1.97. The third-order valence-electron chi connectivity index (χ3n) is 4.53. The molecule has 124 valence electrons. The van der Waals surface area contributed by atoms with Crippen LogP contribution in [0.15, 0.2) is 18.2 Å². The molecule has 0 spiro atoms. The highest BCUT2D eigenvalue weighted by Gasteiger charge is 2.20. The average Bonchev–Trinajstić information content (AvgIpc) is 2.98.